The monoisotopic (exact) mass is 1280 g/mol. The Kier molecular flexibility index (Phi) is 69.2. The summed E-state index contributed by atoms with van der Waals surface area (Å²) in [6.07, 6.45) is 102. The summed E-state index contributed by atoms with van der Waals surface area (Å²) in [6, 6.07) is -0.874. The van der Waals surface area contributed by atoms with Crippen LogP contribution in [0.15, 0.2) is 85.1 Å². The second kappa shape index (κ2) is 71.0. The molecule has 0 aliphatic carbocycles. The van der Waals surface area contributed by atoms with E-state index in [0.717, 1.165) is 70.6 Å². The highest BCUT2D eigenvalue weighted by molar-refractivity contribution is 7.47. The van der Waals surface area contributed by atoms with Crippen molar-refractivity contribution in [3.05, 3.63) is 85.1 Å². The fourth-order valence-corrected chi connectivity index (χ4v) is 12.3. The van der Waals surface area contributed by atoms with Gasteiger partial charge in [-0.15, -0.1) is 0 Å². The molecule has 3 N–H and O–H groups in total. The molecule has 0 aliphatic heterocycles. The Labute approximate surface area is 560 Å². The maximum absolute atomic E-state index is 13.1. The minimum atomic E-state index is -4.37. The highest BCUT2D eigenvalue weighted by atomic mass is 31.2. The minimum absolute atomic E-state index is 0.0530. The van der Waals surface area contributed by atoms with Gasteiger partial charge in [-0.1, -0.05) is 369 Å². The second-order valence-corrected chi connectivity index (χ2v) is 29.1. The average Bonchev–Trinajstić information content (AvgIpc) is 3.18. The third kappa shape index (κ3) is 73.1. The number of hydrogen-bond donors (Lipinski definition) is 3. The topological polar surface area (TPSA) is 105 Å². The largest absolute Gasteiger partial charge is 0.472 e. The summed E-state index contributed by atoms with van der Waals surface area (Å²) >= 11 is 0. The molecule has 0 aromatic carbocycles. The summed E-state index contributed by atoms with van der Waals surface area (Å²) in [4.78, 5) is 23.5. The fraction of sp³-hybridized carbons (Fsp3) is 0.815. The number of carbonyl (C=O) groups is 1. The van der Waals surface area contributed by atoms with Gasteiger partial charge in [-0.25, -0.2) is 4.57 Å². The van der Waals surface area contributed by atoms with Gasteiger partial charge in [0.1, 0.15) is 13.2 Å². The Morgan fingerprint density at radius 2 is 0.678 bits per heavy atom. The van der Waals surface area contributed by atoms with E-state index in [1.807, 2.05) is 27.2 Å². The summed E-state index contributed by atoms with van der Waals surface area (Å²) < 4.78 is 23.8. The molecule has 526 valence electrons. The highest BCUT2D eigenvalue weighted by Gasteiger charge is 2.28. The molecule has 0 aromatic heterocycles. The van der Waals surface area contributed by atoms with Crippen molar-refractivity contribution in [1.29, 1.82) is 0 Å². The number of amides is 1. The van der Waals surface area contributed by atoms with Crippen LogP contribution in [-0.2, 0) is 18.4 Å². The molecule has 9 heteroatoms. The zero-order chi connectivity index (χ0) is 65.5. The first kappa shape index (κ1) is 87.7. The molecule has 0 saturated carbocycles. The Bertz CT molecular complexity index is 1750. The molecule has 3 unspecified atom stereocenters. The van der Waals surface area contributed by atoms with Gasteiger partial charge in [0.05, 0.1) is 39.9 Å². The molecule has 0 saturated heterocycles. The Morgan fingerprint density at radius 1 is 0.389 bits per heavy atom. The van der Waals surface area contributed by atoms with Crippen LogP contribution < -0.4 is 5.32 Å². The zero-order valence-corrected chi connectivity index (χ0v) is 61.3. The summed E-state index contributed by atoms with van der Waals surface area (Å²) in [5, 5.41) is 14.0. The first-order chi connectivity index (χ1) is 44.0. The van der Waals surface area contributed by atoms with E-state index in [9.17, 15) is 19.4 Å². The van der Waals surface area contributed by atoms with E-state index in [0.29, 0.717) is 17.4 Å². The number of carbonyl (C=O) groups excluding carboxylic acids is 1. The molecule has 0 aliphatic rings. The smallest absolute Gasteiger partial charge is 0.387 e. The van der Waals surface area contributed by atoms with Crippen LogP contribution in [0.4, 0.5) is 0 Å². The molecule has 8 nitrogen and oxygen atoms in total. The molecule has 0 spiro atoms. The van der Waals surface area contributed by atoms with Gasteiger partial charge < -0.3 is 19.8 Å². The first-order valence-electron chi connectivity index (χ1n) is 39.0. The minimum Gasteiger partial charge on any atom is -0.387 e. The van der Waals surface area contributed by atoms with Crippen molar-refractivity contribution >= 4 is 13.7 Å². The van der Waals surface area contributed by atoms with E-state index in [-0.39, 0.29) is 19.1 Å². The number of phosphoric acid groups is 1. The molecular weight excluding hydrogens is 1130 g/mol. The van der Waals surface area contributed by atoms with Crippen LogP contribution in [0.3, 0.4) is 0 Å². The third-order valence-electron chi connectivity index (χ3n) is 17.6. The predicted molar refractivity (Wildman–Crippen MR) is 396 cm³/mol. The van der Waals surface area contributed by atoms with Crippen molar-refractivity contribution in [2.75, 3.05) is 40.9 Å². The predicted octanol–water partition coefficient (Wildman–Crippen LogP) is 25.5. The number of hydrogen-bond acceptors (Lipinski definition) is 5. The summed E-state index contributed by atoms with van der Waals surface area (Å²) in [7, 11) is 1.56. The van der Waals surface area contributed by atoms with Crippen LogP contribution in [0.2, 0.25) is 0 Å². The van der Waals surface area contributed by atoms with E-state index in [1.54, 1.807) is 6.08 Å². The normalized spacial score (nSPS) is 14.0. The number of phosphoric ester groups is 1. The molecule has 0 heterocycles. The molecule has 0 radical (unpaired) electrons. The SMILES string of the molecule is CC/C=C\C/C=C\C/C=C\C/C=C\CCCCCCCCCCCCCCCCCCCCCCCCCCC(=O)NC(COP(=O)(O)OCC[N+](C)(C)C)C(O)/C=C/CC/C=C/CC/C=C/CCCCCCCCCCCCCCCCCCCCCCC. The van der Waals surface area contributed by atoms with Crippen molar-refractivity contribution in [3.63, 3.8) is 0 Å². The first-order valence-corrected chi connectivity index (χ1v) is 40.5. The quantitative estimate of drug-likeness (QED) is 0.0243. The number of rotatable bonds is 72. The summed E-state index contributed by atoms with van der Waals surface area (Å²) in [6.45, 7) is 4.72. The number of aliphatic hydroxyl groups excluding tert-OH is 1. The summed E-state index contributed by atoms with van der Waals surface area (Å²) in [5.41, 5.74) is 0. The van der Waals surface area contributed by atoms with Crippen LogP contribution in [0.5, 0.6) is 0 Å². The van der Waals surface area contributed by atoms with E-state index in [1.165, 1.54) is 283 Å². The van der Waals surface area contributed by atoms with Crippen LogP contribution in [0, 0.1) is 0 Å². The summed E-state index contributed by atoms with van der Waals surface area (Å²) in [5.74, 6) is -0.185. The second-order valence-electron chi connectivity index (χ2n) is 27.7. The fourth-order valence-electron chi connectivity index (χ4n) is 11.6. The molecule has 0 aromatic rings. The van der Waals surface area contributed by atoms with Gasteiger partial charge in [-0.2, -0.15) is 0 Å². The number of aliphatic hydroxyl groups is 1. The standard InChI is InChI=1S/C81H151N2O6P/c1-6-8-10-12-14-16-18-20-22-24-26-28-30-32-34-36-38-39-40-41-42-43-45-47-49-51-53-55-57-59-61-63-65-67-69-71-73-75-81(85)82-79(78-89-90(86,87)88-77-76-83(3,4)5)80(84)74-72-70-68-66-64-62-60-58-56-54-52-50-48-46-44-37-35-33-31-29-27-25-23-21-19-17-15-13-11-9-7-2/h8,10,14,16,20,22,26,28,56,58,64,66,72,74,79-80,84H,6-7,9,11-13,15,17-19,21,23-25,27,29-55,57,59-63,65,67-71,73,75-78H2,1-5H3,(H-,82,85,86,87)/p+1/b10-8-,16-14-,22-20-,28-26-,58-56+,66-64+,74-72+. The van der Waals surface area contributed by atoms with Gasteiger partial charge in [-0.3, -0.25) is 13.8 Å². The van der Waals surface area contributed by atoms with Crippen LogP contribution >= 0.6 is 7.82 Å². The average molecular weight is 1280 g/mol. The lowest BCUT2D eigenvalue weighted by Crippen LogP contribution is -2.45. The molecule has 90 heavy (non-hydrogen) atoms. The Balaban J connectivity index is 4.02. The van der Waals surface area contributed by atoms with Crippen molar-refractivity contribution in [2.45, 2.75) is 386 Å². The van der Waals surface area contributed by atoms with Gasteiger partial charge >= 0.3 is 7.82 Å². The Morgan fingerprint density at radius 3 is 1.02 bits per heavy atom. The number of nitrogens with zero attached hydrogens (tertiary/aromatic N) is 1. The van der Waals surface area contributed by atoms with E-state index < -0.39 is 20.0 Å². The highest BCUT2D eigenvalue weighted by Crippen LogP contribution is 2.43. The van der Waals surface area contributed by atoms with Crippen molar-refractivity contribution < 1.29 is 32.9 Å². The van der Waals surface area contributed by atoms with Gasteiger partial charge in [0.2, 0.25) is 5.91 Å². The molecule has 0 bridgehead atoms. The van der Waals surface area contributed by atoms with E-state index in [2.05, 4.69) is 92.1 Å². The lowest BCUT2D eigenvalue weighted by molar-refractivity contribution is -0.870. The van der Waals surface area contributed by atoms with Gasteiger partial charge in [-0.05, 0) is 83.5 Å². The zero-order valence-electron chi connectivity index (χ0n) is 60.4. The number of nitrogens with one attached hydrogen (secondary N) is 1. The molecule has 3 atom stereocenters. The van der Waals surface area contributed by atoms with Crippen molar-refractivity contribution in [3.8, 4) is 0 Å². The van der Waals surface area contributed by atoms with Crippen molar-refractivity contribution in [2.24, 2.45) is 0 Å². The van der Waals surface area contributed by atoms with Crippen LogP contribution in [-0.4, -0.2) is 73.4 Å². The molecule has 1 amide bonds. The molecule has 0 fully saturated rings. The van der Waals surface area contributed by atoms with Gasteiger partial charge in [0, 0.05) is 6.42 Å². The lowest BCUT2D eigenvalue weighted by Gasteiger charge is -2.25. The molecule has 0 rings (SSSR count). The number of likely N-dealkylation sites (N-methyl/N-ethyl adjacent to an activating group) is 1. The molecular formula is C81H152N2O6P+. The van der Waals surface area contributed by atoms with Gasteiger partial charge in [0.15, 0.2) is 0 Å². The van der Waals surface area contributed by atoms with Gasteiger partial charge in [0.25, 0.3) is 0 Å². The number of allylic oxidation sites excluding steroid dienone is 13. The maximum atomic E-state index is 13.1. The maximum Gasteiger partial charge on any atom is 0.472 e. The van der Waals surface area contributed by atoms with E-state index >= 15 is 0 Å². The van der Waals surface area contributed by atoms with Crippen molar-refractivity contribution in [1.82, 2.24) is 5.32 Å². The van der Waals surface area contributed by atoms with Crippen LogP contribution in [0.1, 0.15) is 373 Å². The van der Waals surface area contributed by atoms with E-state index in [4.69, 9.17) is 9.05 Å². The Hall–Kier alpha value is -2.32. The third-order valence-corrected chi connectivity index (χ3v) is 18.6. The van der Waals surface area contributed by atoms with Crippen LogP contribution in [0.25, 0.3) is 0 Å². The lowest BCUT2D eigenvalue weighted by atomic mass is 10.0. The number of unbranched alkanes of at least 4 members (excludes halogenated alkanes) is 47. The number of quaternary nitrogens is 1.